The summed E-state index contributed by atoms with van der Waals surface area (Å²) in [5.74, 6) is 1.67. The predicted octanol–water partition coefficient (Wildman–Crippen LogP) is 3.34. The molecule has 1 amide bonds. The number of aromatic nitrogens is 3. The van der Waals surface area contributed by atoms with Gasteiger partial charge in [-0.05, 0) is 31.9 Å². The van der Waals surface area contributed by atoms with Gasteiger partial charge in [-0.3, -0.25) is 9.36 Å². The Bertz CT molecular complexity index is 827. The van der Waals surface area contributed by atoms with Crippen LogP contribution >= 0.6 is 11.8 Å². The summed E-state index contributed by atoms with van der Waals surface area (Å²) in [5, 5.41) is 13.0. The lowest BCUT2D eigenvalue weighted by atomic mass is 9.95. The van der Waals surface area contributed by atoms with Gasteiger partial charge >= 0.3 is 0 Å². The summed E-state index contributed by atoms with van der Waals surface area (Å²) in [7, 11) is 0. The second-order valence-electron chi connectivity index (χ2n) is 8.05. The standard InChI is InChI=1S/C22H31N5O2S/c1-17-7-9-19(10-8-17)27-21(26-12-14-29-15-13-26)24-25-22(27)30-16-11-20(28)23-18-5-3-2-4-6-18/h7-10,18H,2-6,11-16H2,1H3,(H,23,28). The molecule has 0 radical (unpaired) electrons. The molecule has 4 rings (SSSR count). The highest BCUT2D eigenvalue weighted by atomic mass is 32.2. The molecule has 1 aromatic heterocycles. The van der Waals surface area contributed by atoms with E-state index in [1.54, 1.807) is 11.8 Å². The van der Waals surface area contributed by atoms with Gasteiger partial charge in [0, 0.05) is 31.3 Å². The van der Waals surface area contributed by atoms with E-state index in [9.17, 15) is 4.79 Å². The number of anilines is 1. The largest absolute Gasteiger partial charge is 0.378 e. The maximum atomic E-state index is 12.4. The first-order valence-corrected chi connectivity index (χ1v) is 12.0. The van der Waals surface area contributed by atoms with Crippen molar-refractivity contribution in [3.8, 4) is 5.69 Å². The number of nitrogens with zero attached hydrogens (tertiary/aromatic N) is 4. The number of thioether (sulfide) groups is 1. The Hall–Kier alpha value is -2.06. The minimum atomic E-state index is 0.143. The van der Waals surface area contributed by atoms with Crippen molar-refractivity contribution in [1.82, 2.24) is 20.1 Å². The molecule has 2 fully saturated rings. The second-order valence-corrected chi connectivity index (χ2v) is 9.12. The first kappa shape index (κ1) is 21.2. The topological polar surface area (TPSA) is 72.3 Å². The lowest BCUT2D eigenvalue weighted by molar-refractivity contribution is -0.121. The first-order valence-electron chi connectivity index (χ1n) is 11.0. The van der Waals surface area contributed by atoms with Gasteiger partial charge in [-0.2, -0.15) is 0 Å². The molecule has 1 saturated heterocycles. The number of morpholine rings is 1. The van der Waals surface area contributed by atoms with Crippen LogP contribution in [0.25, 0.3) is 5.69 Å². The Kier molecular flexibility index (Phi) is 7.28. The van der Waals surface area contributed by atoms with Crippen LogP contribution in [0.15, 0.2) is 29.4 Å². The highest BCUT2D eigenvalue weighted by Crippen LogP contribution is 2.28. The van der Waals surface area contributed by atoms with Crippen molar-refractivity contribution in [3.63, 3.8) is 0 Å². The normalized spacial score (nSPS) is 17.8. The summed E-state index contributed by atoms with van der Waals surface area (Å²) < 4.78 is 7.60. The van der Waals surface area contributed by atoms with Gasteiger partial charge in [-0.25, -0.2) is 0 Å². The summed E-state index contributed by atoms with van der Waals surface area (Å²) in [6.07, 6.45) is 6.47. The summed E-state index contributed by atoms with van der Waals surface area (Å²) in [6, 6.07) is 8.76. The molecule has 0 unspecified atom stereocenters. The molecular formula is C22H31N5O2S. The van der Waals surface area contributed by atoms with E-state index in [4.69, 9.17) is 4.74 Å². The van der Waals surface area contributed by atoms with E-state index in [2.05, 4.69) is 56.2 Å². The number of nitrogens with one attached hydrogen (secondary N) is 1. The number of carbonyl (C=O) groups excluding carboxylic acids is 1. The zero-order chi connectivity index (χ0) is 20.8. The van der Waals surface area contributed by atoms with Gasteiger partial charge in [-0.15, -0.1) is 10.2 Å². The Morgan fingerprint density at radius 3 is 2.60 bits per heavy atom. The maximum Gasteiger partial charge on any atom is 0.232 e. The Labute approximate surface area is 182 Å². The molecule has 7 nitrogen and oxygen atoms in total. The minimum absolute atomic E-state index is 0.143. The van der Waals surface area contributed by atoms with E-state index in [0.29, 0.717) is 31.4 Å². The lowest BCUT2D eigenvalue weighted by Gasteiger charge is -2.28. The van der Waals surface area contributed by atoms with Crippen molar-refractivity contribution in [2.24, 2.45) is 0 Å². The zero-order valence-corrected chi connectivity index (χ0v) is 18.5. The van der Waals surface area contributed by atoms with Gasteiger partial charge in [0.1, 0.15) is 0 Å². The molecule has 162 valence electrons. The van der Waals surface area contributed by atoms with Crippen molar-refractivity contribution in [3.05, 3.63) is 29.8 Å². The molecule has 1 aromatic carbocycles. The lowest BCUT2D eigenvalue weighted by Crippen LogP contribution is -2.37. The molecule has 30 heavy (non-hydrogen) atoms. The molecule has 2 aliphatic rings. The third-order valence-electron chi connectivity index (χ3n) is 5.73. The third kappa shape index (κ3) is 5.35. The monoisotopic (exact) mass is 429 g/mol. The van der Waals surface area contributed by atoms with Crippen LogP contribution < -0.4 is 10.2 Å². The average Bonchev–Trinajstić information content (AvgIpc) is 3.19. The van der Waals surface area contributed by atoms with Gasteiger partial charge in [-0.1, -0.05) is 48.7 Å². The molecular weight excluding hydrogens is 398 g/mol. The SMILES string of the molecule is Cc1ccc(-n2c(SCCC(=O)NC3CCCCC3)nnc2N2CCOCC2)cc1. The quantitative estimate of drug-likeness (QED) is 0.681. The van der Waals surface area contributed by atoms with E-state index < -0.39 is 0 Å². The van der Waals surface area contributed by atoms with Gasteiger partial charge in [0.2, 0.25) is 11.9 Å². The summed E-state index contributed by atoms with van der Waals surface area (Å²) in [6.45, 7) is 5.09. The van der Waals surface area contributed by atoms with Crippen molar-refractivity contribution < 1.29 is 9.53 Å². The van der Waals surface area contributed by atoms with E-state index in [0.717, 1.165) is 42.7 Å². The fourth-order valence-electron chi connectivity index (χ4n) is 4.03. The molecule has 1 aliphatic heterocycles. The number of hydrogen-bond acceptors (Lipinski definition) is 6. The number of carbonyl (C=O) groups is 1. The van der Waals surface area contributed by atoms with Crippen LogP contribution in [0.2, 0.25) is 0 Å². The predicted molar refractivity (Wildman–Crippen MR) is 119 cm³/mol. The number of aryl methyl sites for hydroxylation is 1. The van der Waals surface area contributed by atoms with Crippen LogP contribution in [0.5, 0.6) is 0 Å². The van der Waals surface area contributed by atoms with E-state index in [1.165, 1.54) is 24.8 Å². The fraction of sp³-hybridized carbons (Fsp3) is 0.591. The van der Waals surface area contributed by atoms with Crippen molar-refractivity contribution in [1.29, 1.82) is 0 Å². The van der Waals surface area contributed by atoms with Crippen LogP contribution in [0.4, 0.5) is 5.95 Å². The minimum Gasteiger partial charge on any atom is -0.378 e. The van der Waals surface area contributed by atoms with Crippen LogP contribution in [0.1, 0.15) is 44.1 Å². The number of benzene rings is 1. The van der Waals surface area contributed by atoms with Gasteiger partial charge in [0.05, 0.1) is 18.9 Å². The number of hydrogen-bond donors (Lipinski definition) is 1. The maximum absolute atomic E-state index is 12.4. The highest BCUT2D eigenvalue weighted by molar-refractivity contribution is 7.99. The highest BCUT2D eigenvalue weighted by Gasteiger charge is 2.22. The van der Waals surface area contributed by atoms with Gasteiger partial charge in [0.25, 0.3) is 0 Å². The Balaban J connectivity index is 1.43. The van der Waals surface area contributed by atoms with Crippen LogP contribution in [-0.4, -0.2) is 58.8 Å². The molecule has 2 aromatic rings. The smallest absolute Gasteiger partial charge is 0.232 e. The Morgan fingerprint density at radius 1 is 1.13 bits per heavy atom. The molecule has 1 N–H and O–H groups in total. The summed E-state index contributed by atoms with van der Waals surface area (Å²) in [5.41, 5.74) is 2.26. The van der Waals surface area contributed by atoms with Crippen LogP contribution in [0.3, 0.4) is 0 Å². The molecule has 0 atom stereocenters. The molecule has 1 saturated carbocycles. The average molecular weight is 430 g/mol. The summed E-state index contributed by atoms with van der Waals surface area (Å²) in [4.78, 5) is 14.6. The van der Waals surface area contributed by atoms with Crippen molar-refractivity contribution in [2.75, 3.05) is 37.0 Å². The number of amides is 1. The van der Waals surface area contributed by atoms with E-state index in [-0.39, 0.29) is 5.91 Å². The van der Waals surface area contributed by atoms with Gasteiger partial charge in [0.15, 0.2) is 5.16 Å². The molecule has 8 heteroatoms. The molecule has 0 bridgehead atoms. The first-order chi connectivity index (χ1) is 14.7. The number of rotatable bonds is 7. The fourth-order valence-corrected chi connectivity index (χ4v) is 4.91. The van der Waals surface area contributed by atoms with E-state index in [1.807, 2.05) is 0 Å². The Morgan fingerprint density at radius 2 is 1.87 bits per heavy atom. The molecule has 2 heterocycles. The van der Waals surface area contributed by atoms with Crippen LogP contribution in [0, 0.1) is 6.92 Å². The van der Waals surface area contributed by atoms with Crippen molar-refractivity contribution in [2.45, 2.75) is 56.6 Å². The van der Waals surface area contributed by atoms with E-state index >= 15 is 0 Å². The van der Waals surface area contributed by atoms with Crippen molar-refractivity contribution >= 4 is 23.6 Å². The number of ether oxygens (including phenoxy) is 1. The molecule has 1 aliphatic carbocycles. The second kappa shape index (κ2) is 10.3. The van der Waals surface area contributed by atoms with Crippen LogP contribution in [-0.2, 0) is 9.53 Å². The zero-order valence-electron chi connectivity index (χ0n) is 17.7. The van der Waals surface area contributed by atoms with Gasteiger partial charge < -0.3 is 15.0 Å². The molecule has 0 spiro atoms. The summed E-state index contributed by atoms with van der Waals surface area (Å²) >= 11 is 1.59. The third-order valence-corrected chi connectivity index (χ3v) is 6.66.